The van der Waals surface area contributed by atoms with Gasteiger partial charge in [-0.2, -0.15) is 5.10 Å². The van der Waals surface area contributed by atoms with Gasteiger partial charge in [0.1, 0.15) is 12.4 Å². The molecule has 0 radical (unpaired) electrons. The summed E-state index contributed by atoms with van der Waals surface area (Å²) in [5, 5.41) is 11.1. The smallest absolute Gasteiger partial charge is 0.240 e. The lowest BCUT2D eigenvalue weighted by molar-refractivity contribution is -0.125. The Bertz CT molecular complexity index is 1180. The maximum atomic E-state index is 12.9. The number of carbonyl (C=O) groups excluding carboxylic acids is 1. The van der Waals surface area contributed by atoms with Gasteiger partial charge in [0, 0.05) is 30.2 Å². The van der Waals surface area contributed by atoms with Crippen molar-refractivity contribution in [1.29, 1.82) is 0 Å². The van der Waals surface area contributed by atoms with Gasteiger partial charge in [-0.3, -0.25) is 10.2 Å². The van der Waals surface area contributed by atoms with Gasteiger partial charge in [0.05, 0.1) is 28.5 Å². The fourth-order valence-electron chi connectivity index (χ4n) is 4.38. The number of benzene rings is 2. The number of nitrogens with one attached hydrogen (secondary N) is 2. The van der Waals surface area contributed by atoms with Crippen molar-refractivity contribution in [2.24, 2.45) is 0 Å². The first kappa shape index (κ1) is 32.2. The Kier molecular flexibility index (Phi) is 13.2. The van der Waals surface area contributed by atoms with Crippen molar-refractivity contribution in [2.75, 3.05) is 32.8 Å². The monoisotopic (exact) mass is 601 g/mol. The highest BCUT2D eigenvalue weighted by atomic mass is 35.5. The van der Waals surface area contributed by atoms with Gasteiger partial charge in [-0.1, -0.05) is 36.5 Å². The molecule has 0 unspecified atom stereocenters. The minimum absolute atomic E-state index is 0. The van der Waals surface area contributed by atoms with Gasteiger partial charge < -0.3 is 10.1 Å². The highest BCUT2D eigenvalue weighted by molar-refractivity contribution is 6.35. The molecule has 1 aliphatic heterocycles. The number of carbonyl (C=O) groups is 1. The molecule has 2 heterocycles. The van der Waals surface area contributed by atoms with Crippen molar-refractivity contribution < 1.29 is 9.53 Å². The molecule has 0 spiro atoms. The van der Waals surface area contributed by atoms with E-state index in [0.29, 0.717) is 28.0 Å². The minimum Gasteiger partial charge on any atom is -0.492 e. The summed E-state index contributed by atoms with van der Waals surface area (Å²) in [7, 11) is 0. The fraction of sp³-hybridized carbons (Fsp3) is 0.407. The van der Waals surface area contributed by atoms with Crippen LogP contribution in [0.5, 0.6) is 5.75 Å². The van der Waals surface area contributed by atoms with Crippen LogP contribution in [-0.2, 0) is 11.2 Å². The van der Waals surface area contributed by atoms with Crippen LogP contribution < -0.4 is 15.5 Å². The van der Waals surface area contributed by atoms with Crippen molar-refractivity contribution >= 4 is 53.9 Å². The highest BCUT2D eigenvalue weighted by Crippen LogP contribution is 2.33. The lowest BCUT2D eigenvalue weighted by atomic mass is 10.0. The second-order valence-electron chi connectivity index (χ2n) is 8.91. The van der Waals surface area contributed by atoms with Gasteiger partial charge in [-0.15, -0.1) is 24.8 Å². The number of ether oxygens (including phenoxy) is 1. The number of amides is 1. The molecule has 1 amide bonds. The Morgan fingerprint density at radius 3 is 2.42 bits per heavy atom. The average molecular weight is 603 g/mol. The van der Waals surface area contributed by atoms with Gasteiger partial charge in [-0.25, -0.2) is 9.69 Å². The Labute approximate surface area is 247 Å². The summed E-state index contributed by atoms with van der Waals surface area (Å²) >= 11 is 12.7. The molecular formula is C27H35Cl4N5O2. The molecule has 208 valence electrons. The van der Waals surface area contributed by atoms with Crippen LogP contribution in [0.1, 0.15) is 37.4 Å². The van der Waals surface area contributed by atoms with Crippen LogP contribution in [0.15, 0.2) is 42.5 Å². The van der Waals surface area contributed by atoms with Crippen molar-refractivity contribution in [2.45, 2.75) is 39.5 Å². The molecule has 0 bridgehead atoms. The SMILES string of the molecule is CCNCCOc1ccc(-c2c(C)c(CC(=O)NN3CCCCC3)nn2-c2ccc(Cl)cc2Cl)cc1.Cl.Cl. The van der Waals surface area contributed by atoms with E-state index in [1.807, 2.05) is 42.3 Å². The van der Waals surface area contributed by atoms with E-state index in [9.17, 15) is 4.79 Å². The number of hydrazine groups is 1. The number of nitrogens with zero attached hydrogens (tertiary/aromatic N) is 3. The van der Waals surface area contributed by atoms with Crippen LogP contribution in [0.4, 0.5) is 0 Å². The van der Waals surface area contributed by atoms with Crippen molar-refractivity contribution in [3.05, 3.63) is 63.8 Å². The van der Waals surface area contributed by atoms with Crippen molar-refractivity contribution in [1.82, 2.24) is 25.5 Å². The van der Waals surface area contributed by atoms with Gasteiger partial charge >= 0.3 is 0 Å². The Hall–Kier alpha value is -2.00. The average Bonchev–Trinajstić information content (AvgIpc) is 3.18. The van der Waals surface area contributed by atoms with Gasteiger partial charge in [0.15, 0.2) is 0 Å². The van der Waals surface area contributed by atoms with Gasteiger partial charge in [0.25, 0.3) is 0 Å². The van der Waals surface area contributed by atoms with Crippen LogP contribution >= 0.6 is 48.0 Å². The summed E-state index contributed by atoms with van der Waals surface area (Å²) in [5.74, 6) is 0.730. The summed E-state index contributed by atoms with van der Waals surface area (Å²) in [5.41, 5.74) is 7.20. The van der Waals surface area contributed by atoms with Crippen LogP contribution in [-0.4, -0.2) is 53.5 Å². The number of rotatable bonds is 10. The molecular weight excluding hydrogens is 568 g/mol. The van der Waals surface area contributed by atoms with Crippen molar-refractivity contribution in [3.8, 4) is 22.7 Å². The van der Waals surface area contributed by atoms with Gasteiger partial charge in [-0.05, 0) is 74.3 Å². The van der Waals surface area contributed by atoms with Crippen LogP contribution in [0.25, 0.3) is 16.9 Å². The van der Waals surface area contributed by atoms with E-state index in [-0.39, 0.29) is 37.1 Å². The molecule has 4 rings (SSSR count). The van der Waals surface area contributed by atoms with Crippen LogP contribution in [0.3, 0.4) is 0 Å². The highest BCUT2D eigenvalue weighted by Gasteiger charge is 2.22. The second-order valence-corrected chi connectivity index (χ2v) is 9.76. The lowest BCUT2D eigenvalue weighted by Crippen LogP contribution is -2.45. The summed E-state index contributed by atoms with van der Waals surface area (Å²) in [6.07, 6.45) is 3.59. The third-order valence-electron chi connectivity index (χ3n) is 6.25. The molecule has 1 fully saturated rings. The molecule has 2 aromatic carbocycles. The Morgan fingerprint density at radius 1 is 1.05 bits per heavy atom. The molecule has 1 aliphatic rings. The number of halogens is 4. The summed E-state index contributed by atoms with van der Waals surface area (Å²) in [6.45, 7) is 8.13. The molecule has 1 aromatic heterocycles. The van der Waals surface area contributed by atoms with E-state index >= 15 is 0 Å². The Balaban J connectivity index is 0.00000253. The Morgan fingerprint density at radius 2 is 1.76 bits per heavy atom. The summed E-state index contributed by atoms with van der Waals surface area (Å²) < 4.78 is 7.63. The molecule has 11 heteroatoms. The maximum Gasteiger partial charge on any atom is 0.240 e. The molecule has 0 aliphatic carbocycles. The summed E-state index contributed by atoms with van der Waals surface area (Å²) in [4.78, 5) is 12.9. The predicted molar refractivity (Wildman–Crippen MR) is 160 cm³/mol. The number of hydrogen-bond donors (Lipinski definition) is 2. The maximum absolute atomic E-state index is 12.9. The number of hydrogen-bond acceptors (Lipinski definition) is 5. The molecule has 2 N–H and O–H groups in total. The van der Waals surface area contributed by atoms with Crippen LogP contribution in [0, 0.1) is 6.92 Å². The van der Waals surface area contributed by atoms with E-state index < -0.39 is 0 Å². The van der Waals surface area contributed by atoms with Crippen LogP contribution in [0.2, 0.25) is 10.0 Å². The molecule has 38 heavy (non-hydrogen) atoms. The molecule has 0 saturated carbocycles. The third-order valence-corrected chi connectivity index (χ3v) is 6.79. The summed E-state index contributed by atoms with van der Waals surface area (Å²) in [6, 6.07) is 13.2. The lowest BCUT2D eigenvalue weighted by Gasteiger charge is -2.26. The third kappa shape index (κ3) is 8.25. The molecule has 0 atom stereocenters. The minimum atomic E-state index is -0.0668. The number of piperidine rings is 1. The van der Waals surface area contributed by atoms with E-state index in [2.05, 4.69) is 17.7 Å². The molecule has 7 nitrogen and oxygen atoms in total. The first-order chi connectivity index (χ1) is 17.5. The largest absolute Gasteiger partial charge is 0.492 e. The normalized spacial score (nSPS) is 13.4. The zero-order chi connectivity index (χ0) is 25.5. The first-order valence-electron chi connectivity index (χ1n) is 12.5. The second kappa shape index (κ2) is 15.6. The van der Waals surface area contributed by atoms with E-state index in [1.54, 1.807) is 16.8 Å². The van der Waals surface area contributed by atoms with E-state index in [0.717, 1.165) is 61.6 Å². The molecule has 1 saturated heterocycles. The topological polar surface area (TPSA) is 71.4 Å². The zero-order valence-corrected chi connectivity index (χ0v) is 24.8. The first-order valence-corrected chi connectivity index (χ1v) is 13.2. The number of aromatic nitrogens is 2. The predicted octanol–water partition coefficient (Wildman–Crippen LogP) is 6.05. The van der Waals surface area contributed by atoms with Crippen molar-refractivity contribution in [3.63, 3.8) is 0 Å². The quantitative estimate of drug-likeness (QED) is 0.277. The standard InChI is InChI=1S/C27H33Cl2N5O2.2ClH/c1-3-30-13-16-36-22-10-7-20(8-11-22)27-19(2)24(18-26(35)32-33-14-5-4-6-15-33)31-34(27)25-12-9-21(28)17-23(25)29;;/h7-12,17,30H,3-6,13-16,18H2,1-2H3,(H,32,35);2*1H. The number of likely N-dealkylation sites (N-methyl/N-ethyl adjacent to an activating group) is 1. The zero-order valence-electron chi connectivity index (χ0n) is 21.6. The molecule has 3 aromatic rings. The fourth-order valence-corrected chi connectivity index (χ4v) is 4.86. The van der Waals surface area contributed by atoms with E-state index in [4.69, 9.17) is 33.0 Å². The van der Waals surface area contributed by atoms with Gasteiger partial charge in [0.2, 0.25) is 5.91 Å². The van der Waals surface area contributed by atoms with E-state index in [1.165, 1.54) is 6.42 Å².